The zero-order chi connectivity index (χ0) is 16.3. The second kappa shape index (κ2) is 6.80. The highest BCUT2D eigenvalue weighted by Crippen LogP contribution is 2.20. The predicted molar refractivity (Wildman–Crippen MR) is 81.4 cm³/mol. The van der Waals surface area contributed by atoms with Crippen LogP contribution in [0.4, 0.5) is 0 Å². The number of rotatable bonds is 5. The fourth-order valence-electron chi connectivity index (χ4n) is 1.74. The summed E-state index contributed by atoms with van der Waals surface area (Å²) in [5, 5.41) is 9.51. The van der Waals surface area contributed by atoms with E-state index in [9.17, 15) is 14.4 Å². The van der Waals surface area contributed by atoms with Crippen LogP contribution in [0.25, 0.3) is 10.9 Å². The molecule has 0 aliphatic rings. The van der Waals surface area contributed by atoms with Gasteiger partial charge < -0.3 is 9.84 Å². The van der Waals surface area contributed by atoms with E-state index in [-0.39, 0.29) is 22.8 Å². The summed E-state index contributed by atoms with van der Waals surface area (Å²) in [4.78, 5) is 38.9. The Morgan fingerprint density at radius 2 is 2.18 bits per heavy atom. The predicted octanol–water partition coefficient (Wildman–Crippen LogP) is 1.40. The number of carboxylic acids is 1. The molecule has 0 fully saturated rings. The number of nitrogens with zero attached hydrogens (tertiary/aromatic N) is 2. The quantitative estimate of drug-likeness (QED) is 0.498. The molecule has 0 atom stereocenters. The minimum atomic E-state index is -1.06. The van der Waals surface area contributed by atoms with Gasteiger partial charge in [0.25, 0.3) is 5.56 Å². The number of hydrogen-bond acceptors (Lipinski definition) is 6. The first-order valence-corrected chi connectivity index (χ1v) is 7.40. The van der Waals surface area contributed by atoms with E-state index in [1.807, 2.05) is 0 Å². The number of hydrogen-bond donors (Lipinski definition) is 1. The van der Waals surface area contributed by atoms with Gasteiger partial charge in [-0.1, -0.05) is 23.4 Å². The summed E-state index contributed by atoms with van der Waals surface area (Å²) in [6.45, 7) is -0.354. The van der Waals surface area contributed by atoms with Crippen molar-refractivity contribution in [2.45, 2.75) is 11.7 Å². The number of carbonyl (C=O) groups excluding carboxylic acids is 1. The van der Waals surface area contributed by atoms with Crippen LogP contribution in [0.2, 0.25) is 5.02 Å². The highest BCUT2D eigenvalue weighted by molar-refractivity contribution is 7.99. The van der Waals surface area contributed by atoms with Crippen LogP contribution < -0.4 is 5.56 Å². The van der Waals surface area contributed by atoms with Crippen molar-refractivity contribution in [1.29, 1.82) is 0 Å². The Labute approximate surface area is 133 Å². The van der Waals surface area contributed by atoms with Crippen LogP contribution in [0, 0.1) is 0 Å². The summed E-state index contributed by atoms with van der Waals surface area (Å²) in [6.07, 6.45) is 0. The van der Waals surface area contributed by atoms with Crippen molar-refractivity contribution < 1.29 is 19.4 Å². The molecule has 7 nitrogen and oxygen atoms in total. The number of methoxy groups -OCH3 is 1. The Hall–Kier alpha value is -2.06. The maximum absolute atomic E-state index is 12.5. The number of fused-ring (bicyclic) bond motifs is 1. The lowest BCUT2D eigenvalue weighted by Crippen LogP contribution is -2.27. The third-order valence-corrected chi connectivity index (χ3v) is 3.92. The molecule has 0 radical (unpaired) electrons. The molecule has 9 heteroatoms. The summed E-state index contributed by atoms with van der Waals surface area (Å²) in [5.41, 5.74) is -0.103. The zero-order valence-electron chi connectivity index (χ0n) is 11.4. The number of benzene rings is 1. The molecule has 0 saturated carbocycles. The molecule has 22 heavy (non-hydrogen) atoms. The maximum atomic E-state index is 12.5. The minimum absolute atomic E-state index is 0.132. The van der Waals surface area contributed by atoms with Crippen LogP contribution in [-0.4, -0.2) is 39.5 Å². The first-order chi connectivity index (χ1) is 10.4. The largest absolute Gasteiger partial charge is 0.481 e. The molecule has 1 aromatic heterocycles. The molecule has 1 aromatic carbocycles. The Balaban J connectivity index is 2.60. The van der Waals surface area contributed by atoms with Gasteiger partial charge in [0, 0.05) is 5.02 Å². The number of aromatic nitrogens is 2. The lowest BCUT2D eigenvalue weighted by Gasteiger charge is -2.11. The number of halogens is 1. The number of carbonyl (C=O) groups is 2. The molecule has 2 rings (SSSR count). The lowest BCUT2D eigenvalue weighted by molar-refractivity contribution is -0.141. The Kier molecular flexibility index (Phi) is 5.04. The molecule has 2 aromatic rings. The standard InChI is InChI=1S/C13H11ClN2O5S/c1-21-11(19)5-16-12(20)8-4-7(14)2-3-9(8)15-13(16)22-6-10(17)18/h2-4H,5-6H2,1H3,(H,17,18). The SMILES string of the molecule is COC(=O)Cn1c(SCC(=O)O)nc2ccc(Cl)cc2c1=O. The summed E-state index contributed by atoms with van der Waals surface area (Å²) >= 11 is 6.72. The fraction of sp³-hybridized carbons (Fsp3) is 0.231. The second-order valence-electron chi connectivity index (χ2n) is 4.21. The Morgan fingerprint density at radius 1 is 1.45 bits per heavy atom. The van der Waals surface area contributed by atoms with Crippen molar-refractivity contribution >= 4 is 46.2 Å². The maximum Gasteiger partial charge on any atom is 0.325 e. The number of thioether (sulfide) groups is 1. The zero-order valence-corrected chi connectivity index (χ0v) is 13.0. The lowest BCUT2D eigenvalue weighted by atomic mass is 10.2. The third-order valence-electron chi connectivity index (χ3n) is 2.72. The highest BCUT2D eigenvalue weighted by atomic mass is 35.5. The van der Waals surface area contributed by atoms with Gasteiger partial charge in [0.15, 0.2) is 5.16 Å². The number of aliphatic carboxylic acids is 1. The van der Waals surface area contributed by atoms with Crippen LogP contribution in [0.1, 0.15) is 0 Å². The van der Waals surface area contributed by atoms with Gasteiger partial charge in [-0.2, -0.15) is 0 Å². The van der Waals surface area contributed by atoms with Gasteiger partial charge in [-0.3, -0.25) is 19.0 Å². The molecule has 0 bridgehead atoms. The second-order valence-corrected chi connectivity index (χ2v) is 5.58. The van der Waals surface area contributed by atoms with Crippen molar-refractivity contribution in [3.63, 3.8) is 0 Å². The molecule has 0 amide bonds. The molecular weight excluding hydrogens is 332 g/mol. The molecule has 0 aliphatic heterocycles. The Morgan fingerprint density at radius 3 is 2.82 bits per heavy atom. The van der Waals surface area contributed by atoms with Gasteiger partial charge >= 0.3 is 11.9 Å². The van der Waals surface area contributed by atoms with E-state index in [0.717, 1.165) is 16.3 Å². The topological polar surface area (TPSA) is 98.5 Å². The molecule has 0 aliphatic carbocycles. The van der Waals surface area contributed by atoms with Crippen molar-refractivity contribution in [3.05, 3.63) is 33.6 Å². The van der Waals surface area contributed by atoms with Crippen LogP contribution in [-0.2, 0) is 20.9 Å². The van der Waals surface area contributed by atoms with Crippen molar-refractivity contribution in [2.24, 2.45) is 0 Å². The first kappa shape index (κ1) is 16.3. The van der Waals surface area contributed by atoms with Gasteiger partial charge in [-0.05, 0) is 18.2 Å². The molecule has 0 saturated heterocycles. The van der Waals surface area contributed by atoms with E-state index in [2.05, 4.69) is 9.72 Å². The van der Waals surface area contributed by atoms with E-state index in [4.69, 9.17) is 16.7 Å². The van der Waals surface area contributed by atoms with Crippen molar-refractivity contribution in [2.75, 3.05) is 12.9 Å². The number of esters is 1. The summed E-state index contributed by atoms with van der Waals surface area (Å²) in [5.74, 6) is -1.98. The molecular formula is C13H11ClN2O5S. The summed E-state index contributed by atoms with van der Waals surface area (Å²) in [6, 6.07) is 4.59. The average Bonchev–Trinajstić information content (AvgIpc) is 2.48. The van der Waals surface area contributed by atoms with Gasteiger partial charge in [0.1, 0.15) is 6.54 Å². The highest BCUT2D eigenvalue weighted by Gasteiger charge is 2.16. The smallest absolute Gasteiger partial charge is 0.325 e. The van der Waals surface area contributed by atoms with Gasteiger partial charge in [-0.25, -0.2) is 4.98 Å². The van der Waals surface area contributed by atoms with E-state index in [1.54, 1.807) is 12.1 Å². The van der Waals surface area contributed by atoms with Crippen molar-refractivity contribution in [3.8, 4) is 0 Å². The van der Waals surface area contributed by atoms with E-state index in [1.165, 1.54) is 13.2 Å². The van der Waals surface area contributed by atoms with E-state index in [0.29, 0.717) is 10.5 Å². The molecule has 1 heterocycles. The van der Waals surface area contributed by atoms with Gasteiger partial charge in [-0.15, -0.1) is 0 Å². The Bertz CT molecular complexity index is 805. The van der Waals surface area contributed by atoms with Crippen LogP contribution in [0.5, 0.6) is 0 Å². The van der Waals surface area contributed by atoms with Crippen molar-refractivity contribution in [1.82, 2.24) is 9.55 Å². The fourth-order valence-corrected chi connectivity index (χ4v) is 2.63. The molecule has 116 valence electrons. The van der Waals surface area contributed by atoms with Crippen LogP contribution >= 0.6 is 23.4 Å². The molecule has 0 unspecified atom stereocenters. The summed E-state index contributed by atoms with van der Waals surface area (Å²) < 4.78 is 5.63. The van der Waals surface area contributed by atoms with E-state index >= 15 is 0 Å². The monoisotopic (exact) mass is 342 g/mol. The van der Waals surface area contributed by atoms with Gasteiger partial charge in [0.05, 0.1) is 23.8 Å². The average molecular weight is 343 g/mol. The first-order valence-electron chi connectivity index (χ1n) is 6.04. The normalized spacial score (nSPS) is 10.6. The third kappa shape index (κ3) is 3.58. The molecule has 1 N–H and O–H groups in total. The van der Waals surface area contributed by atoms with Crippen LogP contribution in [0.3, 0.4) is 0 Å². The number of ether oxygens (including phenoxy) is 1. The van der Waals surface area contributed by atoms with Crippen LogP contribution in [0.15, 0.2) is 28.2 Å². The van der Waals surface area contributed by atoms with Gasteiger partial charge in [0.2, 0.25) is 0 Å². The number of carboxylic acid groups (broad SMARTS) is 1. The summed E-state index contributed by atoms with van der Waals surface area (Å²) in [7, 11) is 1.20. The van der Waals surface area contributed by atoms with E-state index < -0.39 is 17.5 Å². The molecule has 0 spiro atoms. The minimum Gasteiger partial charge on any atom is -0.481 e.